The molecule has 0 aromatic heterocycles. The summed E-state index contributed by atoms with van der Waals surface area (Å²) in [6.45, 7) is 0.745. The molecule has 3 rings (SSSR count). The molecule has 0 heterocycles. The van der Waals surface area contributed by atoms with Crippen LogP contribution in [0.1, 0.15) is 5.56 Å². The Balaban J connectivity index is 1.57. The van der Waals surface area contributed by atoms with Crippen molar-refractivity contribution in [2.24, 2.45) is 0 Å². The number of para-hydroxylation sites is 1. The van der Waals surface area contributed by atoms with Crippen LogP contribution < -0.4 is 14.8 Å². The molecule has 0 aliphatic heterocycles. The Morgan fingerprint density at radius 2 is 1.44 bits per heavy atom. The number of methoxy groups -OCH3 is 1. The number of hydrogen-bond donors (Lipinski definition) is 2. The summed E-state index contributed by atoms with van der Waals surface area (Å²) in [6, 6.07) is 23.4. The van der Waals surface area contributed by atoms with Crippen molar-refractivity contribution in [1.82, 2.24) is 0 Å². The summed E-state index contributed by atoms with van der Waals surface area (Å²) >= 11 is 0. The van der Waals surface area contributed by atoms with Gasteiger partial charge < -0.3 is 10.1 Å². The molecule has 0 unspecified atom stereocenters. The number of sulfonamides is 1. The highest BCUT2D eigenvalue weighted by Gasteiger charge is 2.13. The van der Waals surface area contributed by atoms with Crippen molar-refractivity contribution in [2.45, 2.75) is 11.3 Å². The summed E-state index contributed by atoms with van der Waals surface area (Å²) in [4.78, 5) is 0.240. The molecule has 6 heteroatoms. The zero-order chi connectivity index (χ0) is 19.1. The lowest BCUT2D eigenvalue weighted by Crippen LogP contribution is -2.12. The fourth-order valence-electron chi connectivity index (χ4n) is 2.72. The highest BCUT2D eigenvalue weighted by molar-refractivity contribution is 7.92. The summed E-state index contributed by atoms with van der Waals surface area (Å²) in [5.74, 6) is 0.880. The van der Waals surface area contributed by atoms with Gasteiger partial charge in [-0.1, -0.05) is 36.4 Å². The molecule has 140 valence electrons. The first-order valence-corrected chi connectivity index (χ1v) is 10.1. The maximum absolute atomic E-state index is 12.3. The Morgan fingerprint density at radius 3 is 2.15 bits per heavy atom. The maximum Gasteiger partial charge on any atom is 0.261 e. The van der Waals surface area contributed by atoms with Crippen molar-refractivity contribution < 1.29 is 13.2 Å². The van der Waals surface area contributed by atoms with Gasteiger partial charge in [0.25, 0.3) is 10.0 Å². The monoisotopic (exact) mass is 382 g/mol. The van der Waals surface area contributed by atoms with Crippen LogP contribution in [-0.2, 0) is 16.4 Å². The van der Waals surface area contributed by atoms with Gasteiger partial charge in [-0.2, -0.15) is 0 Å². The molecule has 0 amide bonds. The van der Waals surface area contributed by atoms with Gasteiger partial charge in [0.05, 0.1) is 12.0 Å². The predicted octanol–water partition coefficient (Wildman–Crippen LogP) is 4.15. The van der Waals surface area contributed by atoms with E-state index >= 15 is 0 Å². The second kappa shape index (κ2) is 8.60. The predicted molar refractivity (Wildman–Crippen MR) is 109 cm³/mol. The minimum Gasteiger partial charge on any atom is -0.496 e. The lowest BCUT2D eigenvalue weighted by atomic mass is 10.1. The molecule has 0 bridgehead atoms. The van der Waals surface area contributed by atoms with E-state index in [1.54, 1.807) is 49.6 Å². The first-order valence-electron chi connectivity index (χ1n) is 8.62. The fourth-order valence-corrected chi connectivity index (χ4v) is 3.80. The minimum atomic E-state index is -3.57. The third-order valence-corrected chi connectivity index (χ3v) is 5.50. The Bertz CT molecular complexity index is 972. The van der Waals surface area contributed by atoms with Crippen LogP contribution in [0.2, 0.25) is 0 Å². The molecule has 3 aromatic carbocycles. The lowest BCUT2D eigenvalue weighted by Gasteiger charge is -2.11. The van der Waals surface area contributed by atoms with Gasteiger partial charge in [-0.15, -0.1) is 0 Å². The maximum atomic E-state index is 12.3. The first kappa shape index (κ1) is 18.8. The van der Waals surface area contributed by atoms with Crippen molar-refractivity contribution in [3.63, 3.8) is 0 Å². The third-order valence-electron chi connectivity index (χ3n) is 4.11. The quantitative estimate of drug-likeness (QED) is 0.614. The van der Waals surface area contributed by atoms with Crippen LogP contribution in [0.3, 0.4) is 0 Å². The van der Waals surface area contributed by atoms with Crippen LogP contribution >= 0.6 is 0 Å². The van der Waals surface area contributed by atoms with E-state index < -0.39 is 10.0 Å². The second-order valence-corrected chi connectivity index (χ2v) is 7.67. The largest absolute Gasteiger partial charge is 0.496 e. The van der Waals surface area contributed by atoms with Gasteiger partial charge in [0.2, 0.25) is 0 Å². The number of nitrogens with one attached hydrogen (secondary N) is 2. The standard InChI is InChI=1S/C21H22N2O3S/c1-26-21-10-6-5-7-17(21)15-16-22-18-11-13-19(14-12-18)23-27(24,25)20-8-3-2-4-9-20/h2-14,22-23H,15-16H2,1H3. The molecule has 0 saturated heterocycles. The van der Waals surface area contributed by atoms with Crippen LogP contribution in [0.4, 0.5) is 11.4 Å². The summed E-state index contributed by atoms with van der Waals surface area (Å²) in [6.07, 6.45) is 0.826. The molecule has 0 saturated carbocycles. The van der Waals surface area contributed by atoms with Gasteiger partial charge in [-0.3, -0.25) is 4.72 Å². The van der Waals surface area contributed by atoms with Gasteiger partial charge in [-0.05, 0) is 54.4 Å². The fraction of sp³-hybridized carbons (Fsp3) is 0.143. The summed E-state index contributed by atoms with van der Waals surface area (Å²) in [7, 11) is -1.90. The Morgan fingerprint density at radius 1 is 0.815 bits per heavy atom. The molecule has 0 spiro atoms. The number of benzene rings is 3. The van der Waals surface area contributed by atoms with Gasteiger partial charge >= 0.3 is 0 Å². The van der Waals surface area contributed by atoms with E-state index in [1.807, 2.05) is 36.4 Å². The van der Waals surface area contributed by atoms with E-state index in [0.29, 0.717) is 5.69 Å². The van der Waals surface area contributed by atoms with E-state index in [4.69, 9.17) is 4.74 Å². The molecule has 3 aromatic rings. The van der Waals surface area contributed by atoms with Gasteiger partial charge in [-0.25, -0.2) is 8.42 Å². The number of ether oxygens (including phenoxy) is 1. The molecule has 0 aliphatic rings. The van der Waals surface area contributed by atoms with Crippen molar-refractivity contribution in [3.05, 3.63) is 84.4 Å². The Kier molecular flexibility index (Phi) is 5.98. The zero-order valence-corrected chi connectivity index (χ0v) is 15.9. The highest BCUT2D eigenvalue weighted by Crippen LogP contribution is 2.20. The average Bonchev–Trinajstić information content (AvgIpc) is 2.70. The van der Waals surface area contributed by atoms with Crippen LogP contribution in [0.25, 0.3) is 0 Å². The molecular formula is C21H22N2O3S. The van der Waals surface area contributed by atoms with Crippen molar-refractivity contribution in [1.29, 1.82) is 0 Å². The molecule has 0 radical (unpaired) electrons. The SMILES string of the molecule is COc1ccccc1CCNc1ccc(NS(=O)(=O)c2ccccc2)cc1. The first-order chi connectivity index (χ1) is 13.1. The third kappa shape index (κ3) is 5.01. The molecule has 27 heavy (non-hydrogen) atoms. The molecule has 5 nitrogen and oxygen atoms in total. The van der Waals surface area contributed by atoms with E-state index in [2.05, 4.69) is 10.0 Å². The van der Waals surface area contributed by atoms with Crippen molar-refractivity contribution in [2.75, 3.05) is 23.7 Å². The summed E-state index contributed by atoms with van der Waals surface area (Å²) < 4.78 is 32.6. The topological polar surface area (TPSA) is 67.4 Å². The van der Waals surface area contributed by atoms with Crippen LogP contribution in [-0.4, -0.2) is 22.1 Å². The average molecular weight is 382 g/mol. The van der Waals surface area contributed by atoms with E-state index in [-0.39, 0.29) is 4.90 Å². The number of hydrogen-bond acceptors (Lipinski definition) is 4. The zero-order valence-electron chi connectivity index (χ0n) is 15.1. The summed E-state index contributed by atoms with van der Waals surface area (Å²) in [5.41, 5.74) is 2.58. The molecule has 0 atom stereocenters. The van der Waals surface area contributed by atoms with Crippen molar-refractivity contribution >= 4 is 21.4 Å². The molecular weight excluding hydrogens is 360 g/mol. The number of rotatable bonds is 8. The van der Waals surface area contributed by atoms with Gasteiger partial charge in [0, 0.05) is 17.9 Å². The lowest BCUT2D eigenvalue weighted by molar-refractivity contribution is 0.410. The smallest absolute Gasteiger partial charge is 0.261 e. The Hall–Kier alpha value is -2.99. The van der Waals surface area contributed by atoms with Crippen molar-refractivity contribution in [3.8, 4) is 5.75 Å². The van der Waals surface area contributed by atoms with Crippen LogP contribution in [0, 0.1) is 0 Å². The second-order valence-electron chi connectivity index (χ2n) is 5.98. The minimum absolute atomic E-state index is 0.240. The van der Waals surface area contributed by atoms with Gasteiger partial charge in [0.1, 0.15) is 5.75 Å². The summed E-state index contributed by atoms with van der Waals surface area (Å²) in [5, 5.41) is 3.33. The number of anilines is 2. The van der Waals surface area contributed by atoms with E-state index in [1.165, 1.54) is 0 Å². The normalized spacial score (nSPS) is 11.0. The Labute approximate surface area is 160 Å². The molecule has 0 aliphatic carbocycles. The van der Waals surface area contributed by atoms with Gasteiger partial charge in [0.15, 0.2) is 0 Å². The van der Waals surface area contributed by atoms with E-state index in [9.17, 15) is 8.42 Å². The van der Waals surface area contributed by atoms with E-state index in [0.717, 1.165) is 30.0 Å². The molecule has 0 fully saturated rings. The van der Waals surface area contributed by atoms with Crippen LogP contribution in [0.5, 0.6) is 5.75 Å². The highest BCUT2D eigenvalue weighted by atomic mass is 32.2. The molecule has 2 N–H and O–H groups in total. The van der Waals surface area contributed by atoms with Crippen LogP contribution in [0.15, 0.2) is 83.8 Å².